The van der Waals surface area contributed by atoms with Crippen molar-refractivity contribution in [2.45, 2.75) is 51.5 Å². The second kappa shape index (κ2) is 10.9. The first kappa shape index (κ1) is 26.0. The summed E-state index contributed by atoms with van der Waals surface area (Å²) in [6, 6.07) is 6.16. The van der Waals surface area contributed by atoms with E-state index in [1.165, 1.54) is 12.4 Å². The number of aromatic nitrogens is 1. The van der Waals surface area contributed by atoms with E-state index in [4.69, 9.17) is 27.9 Å². The van der Waals surface area contributed by atoms with Crippen molar-refractivity contribution in [2.24, 2.45) is 5.41 Å². The number of Topliss-reactive ketones (excluding diaryl/α,β-unsaturated/α-hetero) is 1. The van der Waals surface area contributed by atoms with E-state index in [1.807, 2.05) is 0 Å². The van der Waals surface area contributed by atoms with Crippen LogP contribution in [-0.4, -0.2) is 40.4 Å². The molecule has 4 rings (SSSR count). The Morgan fingerprint density at radius 1 is 1.11 bits per heavy atom. The molecule has 0 radical (unpaired) electrons. The second-order valence-corrected chi connectivity index (χ2v) is 9.79. The highest BCUT2D eigenvalue weighted by atomic mass is 35.5. The van der Waals surface area contributed by atoms with Crippen molar-refractivity contribution in [3.8, 4) is 0 Å². The number of nitrogens with zero attached hydrogens (tertiary/aromatic N) is 1. The molecular formula is C26H27Cl2N3O5. The number of rotatable bonds is 8. The molecule has 10 heteroatoms. The van der Waals surface area contributed by atoms with E-state index < -0.39 is 23.3 Å². The quantitative estimate of drug-likeness (QED) is 0.409. The van der Waals surface area contributed by atoms with Gasteiger partial charge in [0.25, 0.3) is 5.91 Å². The van der Waals surface area contributed by atoms with Crippen molar-refractivity contribution in [1.82, 2.24) is 10.3 Å². The maximum Gasteiger partial charge on any atom is 0.328 e. The molecule has 36 heavy (non-hydrogen) atoms. The van der Waals surface area contributed by atoms with Crippen LogP contribution in [0.2, 0.25) is 10.0 Å². The highest BCUT2D eigenvalue weighted by Gasteiger charge is 2.55. The van der Waals surface area contributed by atoms with Crippen molar-refractivity contribution in [2.75, 3.05) is 11.9 Å². The van der Waals surface area contributed by atoms with Crippen LogP contribution in [0.15, 0.2) is 48.1 Å². The van der Waals surface area contributed by atoms with Crippen molar-refractivity contribution >= 4 is 46.5 Å². The van der Waals surface area contributed by atoms with Gasteiger partial charge in [-0.15, -0.1) is 0 Å². The van der Waals surface area contributed by atoms with Crippen LogP contribution in [0, 0.1) is 5.41 Å². The zero-order chi connectivity index (χ0) is 25.9. The fourth-order valence-electron chi connectivity index (χ4n) is 4.85. The molecule has 2 aliphatic carbocycles. The standard InChI is InChI=1S/C26H27Cl2N3O5/c1-2-36-25(35)19(31-22-21(32)23(33)26(22)10-4-3-5-11-26)12-15-6-8-16(9-7-15)30-24(34)20-17(27)13-29-14-18(20)28/h6-9,13-14,19,31-32H,2-5,10-12H2,1H3,(H,30,34). The molecule has 1 aromatic carbocycles. The van der Waals surface area contributed by atoms with E-state index >= 15 is 0 Å². The van der Waals surface area contributed by atoms with Crippen molar-refractivity contribution in [1.29, 1.82) is 0 Å². The predicted octanol–water partition coefficient (Wildman–Crippen LogP) is 5.01. The third-order valence-electron chi connectivity index (χ3n) is 6.69. The molecule has 1 aromatic heterocycles. The average molecular weight is 532 g/mol. The molecule has 190 valence electrons. The lowest BCUT2D eigenvalue weighted by Crippen LogP contribution is -2.54. The number of benzene rings is 1. The number of carbonyl (C=O) groups excluding carboxylic acids is 3. The first-order valence-electron chi connectivity index (χ1n) is 11.9. The number of esters is 1. The van der Waals surface area contributed by atoms with Gasteiger partial charge in [0, 0.05) is 24.5 Å². The van der Waals surface area contributed by atoms with E-state index in [0.717, 1.165) is 24.8 Å². The number of nitrogens with one attached hydrogen (secondary N) is 2. The van der Waals surface area contributed by atoms with Gasteiger partial charge in [0.15, 0.2) is 5.76 Å². The van der Waals surface area contributed by atoms with Crippen LogP contribution in [0.5, 0.6) is 0 Å². The van der Waals surface area contributed by atoms with Gasteiger partial charge in [-0.1, -0.05) is 54.6 Å². The lowest BCUT2D eigenvalue weighted by atomic mass is 9.61. The van der Waals surface area contributed by atoms with Crippen LogP contribution >= 0.6 is 23.2 Å². The third kappa shape index (κ3) is 5.06. The van der Waals surface area contributed by atoms with Crippen LogP contribution in [0.3, 0.4) is 0 Å². The Hall–Kier alpha value is -3.10. The van der Waals surface area contributed by atoms with Gasteiger partial charge in [0.05, 0.1) is 33.3 Å². The first-order valence-corrected chi connectivity index (χ1v) is 12.6. The molecule has 1 spiro atoms. The van der Waals surface area contributed by atoms with E-state index in [-0.39, 0.29) is 40.2 Å². The molecule has 0 bridgehead atoms. The number of halogens is 2. The van der Waals surface area contributed by atoms with E-state index in [2.05, 4.69) is 15.6 Å². The Morgan fingerprint density at radius 2 is 1.75 bits per heavy atom. The summed E-state index contributed by atoms with van der Waals surface area (Å²) in [7, 11) is 0. The van der Waals surface area contributed by atoms with Crippen molar-refractivity contribution < 1.29 is 24.2 Å². The number of anilines is 1. The predicted molar refractivity (Wildman–Crippen MR) is 136 cm³/mol. The summed E-state index contributed by atoms with van der Waals surface area (Å²) in [5, 5.41) is 16.5. The number of aliphatic hydroxyl groups is 1. The lowest BCUT2D eigenvalue weighted by Gasteiger charge is -2.45. The minimum absolute atomic E-state index is 0.128. The van der Waals surface area contributed by atoms with Crippen LogP contribution in [0.4, 0.5) is 5.69 Å². The Balaban J connectivity index is 1.48. The highest BCUT2D eigenvalue weighted by molar-refractivity contribution is 6.40. The fraction of sp³-hybridized carbons (Fsp3) is 0.385. The van der Waals surface area contributed by atoms with Crippen LogP contribution in [-0.2, 0) is 20.7 Å². The van der Waals surface area contributed by atoms with Gasteiger partial charge >= 0.3 is 5.97 Å². The Morgan fingerprint density at radius 3 is 2.36 bits per heavy atom. The summed E-state index contributed by atoms with van der Waals surface area (Å²) in [4.78, 5) is 41.7. The summed E-state index contributed by atoms with van der Waals surface area (Å²) in [6.07, 6.45) is 7.11. The summed E-state index contributed by atoms with van der Waals surface area (Å²) in [5.74, 6) is -1.48. The van der Waals surface area contributed by atoms with Gasteiger partial charge in [-0.2, -0.15) is 0 Å². The van der Waals surface area contributed by atoms with Crippen LogP contribution < -0.4 is 10.6 Å². The molecule has 0 saturated heterocycles. The number of hydrogen-bond acceptors (Lipinski definition) is 7. The SMILES string of the molecule is CCOC(=O)C(Cc1ccc(NC(=O)c2c(Cl)cncc2Cl)cc1)NC1=C(O)C(=O)C12CCCCC2. The highest BCUT2D eigenvalue weighted by Crippen LogP contribution is 2.51. The van der Waals surface area contributed by atoms with Crippen LogP contribution in [0.25, 0.3) is 0 Å². The molecule has 1 unspecified atom stereocenters. The van der Waals surface area contributed by atoms with Crippen molar-refractivity contribution in [3.05, 3.63) is 69.3 Å². The maximum atomic E-state index is 12.8. The number of amides is 1. The largest absolute Gasteiger partial charge is 0.503 e. The van der Waals surface area contributed by atoms with E-state index in [0.29, 0.717) is 24.2 Å². The van der Waals surface area contributed by atoms with Gasteiger partial charge in [-0.05, 0) is 37.5 Å². The number of hydrogen-bond donors (Lipinski definition) is 3. The summed E-state index contributed by atoms with van der Waals surface area (Å²) < 4.78 is 5.25. The zero-order valence-corrected chi connectivity index (χ0v) is 21.3. The average Bonchev–Trinajstić information content (AvgIpc) is 2.87. The monoisotopic (exact) mass is 531 g/mol. The minimum Gasteiger partial charge on any atom is -0.503 e. The Kier molecular flexibility index (Phi) is 7.85. The minimum atomic E-state index is -0.788. The Bertz CT molecular complexity index is 1190. The zero-order valence-electron chi connectivity index (χ0n) is 19.8. The third-order valence-corrected chi connectivity index (χ3v) is 7.27. The number of pyridine rings is 1. The molecule has 0 aliphatic heterocycles. The summed E-state index contributed by atoms with van der Waals surface area (Å²) in [5.41, 5.74) is 1.15. The number of aliphatic hydroxyl groups excluding tert-OH is 1. The topological polar surface area (TPSA) is 118 Å². The molecule has 8 nitrogen and oxygen atoms in total. The molecule has 1 amide bonds. The fourth-order valence-corrected chi connectivity index (χ4v) is 5.39. The van der Waals surface area contributed by atoms with E-state index in [9.17, 15) is 19.5 Å². The molecule has 2 aliphatic rings. The lowest BCUT2D eigenvalue weighted by molar-refractivity contribution is -0.146. The number of ether oxygens (including phenoxy) is 1. The van der Waals surface area contributed by atoms with E-state index in [1.54, 1.807) is 31.2 Å². The second-order valence-electron chi connectivity index (χ2n) is 8.98. The molecule has 1 heterocycles. The summed E-state index contributed by atoms with van der Waals surface area (Å²) >= 11 is 12.1. The molecule has 3 N–H and O–H groups in total. The van der Waals surface area contributed by atoms with Gasteiger partial charge in [0.1, 0.15) is 6.04 Å². The smallest absolute Gasteiger partial charge is 0.328 e. The van der Waals surface area contributed by atoms with Crippen LogP contribution in [0.1, 0.15) is 54.9 Å². The molecule has 1 fully saturated rings. The molecule has 1 saturated carbocycles. The van der Waals surface area contributed by atoms with Gasteiger partial charge in [0.2, 0.25) is 5.78 Å². The van der Waals surface area contributed by atoms with Crippen molar-refractivity contribution in [3.63, 3.8) is 0 Å². The first-order chi connectivity index (χ1) is 17.3. The maximum absolute atomic E-state index is 12.8. The van der Waals surface area contributed by atoms with Gasteiger partial charge < -0.3 is 20.5 Å². The molecular weight excluding hydrogens is 505 g/mol. The summed E-state index contributed by atoms with van der Waals surface area (Å²) in [6.45, 7) is 1.93. The van der Waals surface area contributed by atoms with Gasteiger partial charge in [-0.3, -0.25) is 14.6 Å². The molecule has 1 atom stereocenters. The molecule has 2 aromatic rings. The number of carbonyl (C=O) groups is 3. The normalized spacial score (nSPS) is 17.4. The Labute approximate surface area is 219 Å². The number of allylic oxidation sites excluding steroid dienone is 2. The number of ketones is 1. The van der Waals surface area contributed by atoms with Gasteiger partial charge in [-0.25, -0.2) is 4.79 Å².